The zero-order valence-electron chi connectivity index (χ0n) is 16.6. The van der Waals surface area contributed by atoms with E-state index in [-0.39, 0.29) is 24.1 Å². The minimum Gasteiger partial charge on any atom is -0.497 e. The number of methoxy groups -OCH3 is 1. The number of carbonyl (C=O) groups excluding carboxylic acids is 2. The molecule has 1 N–H and O–H groups in total. The molecular weight excluding hydrogens is 384 g/mol. The fraction of sp³-hybridized carbons (Fsp3) is 0.261. The minimum atomic E-state index is -0.689. The molecule has 1 aliphatic rings. The molecular formula is C23H22N2O5. The molecule has 1 heterocycles. The van der Waals surface area contributed by atoms with Crippen molar-refractivity contribution >= 4 is 22.8 Å². The second kappa shape index (κ2) is 8.41. The molecule has 7 nitrogen and oxygen atoms in total. The Balaban J connectivity index is 1.45. The zero-order chi connectivity index (χ0) is 21.1. The number of carbonyl (C=O) groups is 2. The van der Waals surface area contributed by atoms with Crippen molar-refractivity contribution in [2.75, 3.05) is 13.7 Å². The number of aromatic nitrogens is 1. The number of hydrogen-bond donors (Lipinski definition) is 1. The van der Waals surface area contributed by atoms with Gasteiger partial charge in [-0.1, -0.05) is 30.3 Å². The molecule has 154 valence electrons. The molecule has 1 fully saturated rings. The SMILES string of the molecule is COc1ccc(CN(C(=O)COC(=O)c2cc(=O)[nH]c3ccccc23)C2CC2)cc1. The van der Waals surface area contributed by atoms with Crippen molar-refractivity contribution in [3.63, 3.8) is 0 Å². The lowest BCUT2D eigenvalue weighted by molar-refractivity contribution is -0.135. The van der Waals surface area contributed by atoms with E-state index >= 15 is 0 Å². The van der Waals surface area contributed by atoms with Crippen LogP contribution in [0.2, 0.25) is 0 Å². The van der Waals surface area contributed by atoms with E-state index in [9.17, 15) is 14.4 Å². The summed E-state index contributed by atoms with van der Waals surface area (Å²) >= 11 is 0. The van der Waals surface area contributed by atoms with Crippen LogP contribution in [0.1, 0.15) is 28.8 Å². The van der Waals surface area contributed by atoms with Crippen molar-refractivity contribution in [3.8, 4) is 5.75 Å². The van der Waals surface area contributed by atoms with Crippen molar-refractivity contribution in [3.05, 3.63) is 76.1 Å². The standard InChI is InChI=1S/C23H22N2O5/c1-29-17-10-6-15(7-11-17)13-25(16-8-9-16)22(27)14-30-23(28)19-12-21(26)24-20-5-3-2-4-18(19)20/h2-7,10-12,16H,8-9,13-14H2,1H3,(H,24,26). The highest BCUT2D eigenvalue weighted by molar-refractivity contribution is 6.03. The lowest BCUT2D eigenvalue weighted by Crippen LogP contribution is -2.36. The van der Waals surface area contributed by atoms with E-state index in [1.807, 2.05) is 24.3 Å². The summed E-state index contributed by atoms with van der Waals surface area (Å²) in [6, 6.07) is 15.9. The van der Waals surface area contributed by atoms with Crippen LogP contribution < -0.4 is 10.3 Å². The number of fused-ring (bicyclic) bond motifs is 1. The van der Waals surface area contributed by atoms with Crippen LogP contribution in [-0.2, 0) is 16.1 Å². The number of ether oxygens (including phenoxy) is 2. The molecule has 0 saturated heterocycles. The number of hydrogen-bond acceptors (Lipinski definition) is 5. The average Bonchev–Trinajstić information content (AvgIpc) is 3.60. The normalized spacial score (nSPS) is 13.1. The summed E-state index contributed by atoms with van der Waals surface area (Å²) in [6.07, 6.45) is 1.88. The Morgan fingerprint density at radius 2 is 1.83 bits per heavy atom. The first-order valence-corrected chi connectivity index (χ1v) is 9.77. The summed E-state index contributed by atoms with van der Waals surface area (Å²) in [5, 5.41) is 0.576. The Kier molecular flexibility index (Phi) is 5.52. The predicted molar refractivity (Wildman–Crippen MR) is 111 cm³/mol. The molecule has 4 rings (SSSR count). The highest BCUT2D eigenvalue weighted by Gasteiger charge is 2.33. The largest absolute Gasteiger partial charge is 0.497 e. The number of H-pyrrole nitrogens is 1. The molecule has 0 bridgehead atoms. The van der Waals surface area contributed by atoms with Gasteiger partial charge in [-0.25, -0.2) is 4.79 Å². The third-order valence-corrected chi connectivity index (χ3v) is 5.12. The highest BCUT2D eigenvalue weighted by atomic mass is 16.5. The molecule has 0 spiro atoms. The van der Waals surface area contributed by atoms with Crippen molar-refractivity contribution in [2.45, 2.75) is 25.4 Å². The first-order chi connectivity index (χ1) is 14.5. The zero-order valence-corrected chi connectivity index (χ0v) is 16.6. The van der Waals surface area contributed by atoms with Gasteiger partial charge in [-0.15, -0.1) is 0 Å². The number of esters is 1. The smallest absolute Gasteiger partial charge is 0.339 e. The van der Waals surface area contributed by atoms with Gasteiger partial charge in [0.2, 0.25) is 5.56 Å². The third-order valence-electron chi connectivity index (χ3n) is 5.12. The van der Waals surface area contributed by atoms with Gasteiger partial charge in [0, 0.05) is 29.6 Å². The number of nitrogens with zero attached hydrogens (tertiary/aromatic N) is 1. The number of nitrogens with one attached hydrogen (secondary N) is 1. The Morgan fingerprint density at radius 1 is 1.10 bits per heavy atom. The molecule has 30 heavy (non-hydrogen) atoms. The first-order valence-electron chi connectivity index (χ1n) is 9.77. The quantitative estimate of drug-likeness (QED) is 0.610. The Bertz CT molecular complexity index is 1130. The predicted octanol–water partition coefficient (Wildman–Crippen LogP) is 2.88. The van der Waals surface area contributed by atoms with E-state index in [0.29, 0.717) is 17.4 Å². The van der Waals surface area contributed by atoms with Gasteiger partial charge >= 0.3 is 5.97 Å². The summed E-state index contributed by atoms with van der Waals surface area (Å²) in [4.78, 5) is 41.6. The summed E-state index contributed by atoms with van der Waals surface area (Å²) in [6.45, 7) is 0.0750. The average molecular weight is 406 g/mol. The van der Waals surface area contributed by atoms with Crippen molar-refractivity contribution < 1.29 is 19.1 Å². The summed E-state index contributed by atoms with van der Waals surface area (Å²) in [5.41, 5.74) is 1.27. The second-order valence-electron chi connectivity index (χ2n) is 7.27. The van der Waals surface area contributed by atoms with Crippen molar-refractivity contribution in [1.29, 1.82) is 0 Å². The Labute approximate surface area is 173 Å². The van der Waals surface area contributed by atoms with Crippen LogP contribution in [0.4, 0.5) is 0 Å². The van der Waals surface area contributed by atoms with Crippen LogP contribution in [0.3, 0.4) is 0 Å². The van der Waals surface area contributed by atoms with E-state index in [0.717, 1.165) is 24.2 Å². The molecule has 1 aliphatic carbocycles. The monoisotopic (exact) mass is 406 g/mol. The van der Waals surface area contributed by atoms with Gasteiger partial charge in [0.15, 0.2) is 6.61 Å². The van der Waals surface area contributed by atoms with Crippen LogP contribution in [0.5, 0.6) is 5.75 Å². The van der Waals surface area contributed by atoms with Gasteiger partial charge in [0.05, 0.1) is 12.7 Å². The fourth-order valence-corrected chi connectivity index (χ4v) is 3.40. The minimum absolute atomic E-state index is 0.148. The lowest BCUT2D eigenvalue weighted by Gasteiger charge is -2.22. The molecule has 1 aromatic heterocycles. The molecule has 3 aromatic rings. The number of rotatable bonds is 7. The maximum Gasteiger partial charge on any atom is 0.339 e. The number of aromatic amines is 1. The van der Waals surface area contributed by atoms with Crippen LogP contribution >= 0.6 is 0 Å². The molecule has 2 aromatic carbocycles. The van der Waals surface area contributed by atoms with E-state index in [1.165, 1.54) is 6.07 Å². The number of pyridine rings is 1. The molecule has 1 amide bonds. The first kappa shape index (κ1) is 19.7. The van der Waals surface area contributed by atoms with E-state index in [1.54, 1.807) is 36.3 Å². The van der Waals surface area contributed by atoms with Gasteiger partial charge < -0.3 is 19.4 Å². The van der Waals surface area contributed by atoms with Gasteiger partial charge in [0.25, 0.3) is 5.91 Å². The van der Waals surface area contributed by atoms with Crippen molar-refractivity contribution in [1.82, 2.24) is 9.88 Å². The number of amides is 1. The Hall–Kier alpha value is -3.61. The van der Waals surface area contributed by atoms with Crippen molar-refractivity contribution in [2.24, 2.45) is 0 Å². The summed E-state index contributed by atoms with van der Waals surface area (Å²) in [5.74, 6) is -0.191. The van der Waals surface area contributed by atoms with Gasteiger partial charge in [-0.2, -0.15) is 0 Å². The number of benzene rings is 2. The fourth-order valence-electron chi connectivity index (χ4n) is 3.40. The molecule has 1 saturated carbocycles. The highest BCUT2D eigenvalue weighted by Crippen LogP contribution is 2.29. The van der Waals surface area contributed by atoms with E-state index < -0.39 is 11.5 Å². The topological polar surface area (TPSA) is 88.7 Å². The van der Waals surface area contributed by atoms with Gasteiger partial charge in [-0.05, 0) is 36.6 Å². The second-order valence-corrected chi connectivity index (χ2v) is 7.27. The molecule has 7 heteroatoms. The van der Waals surface area contributed by atoms with Gasteiger partial charge in [0.1, 0.15) is 5.75 Å². The van der Waals surface area contributed by atoms with Gasteiger partial charge in [-0.3, -0.25) is 9.59 Å². The maximum absolute atomic E-state index is 12.8. The summed E-state index contributed by atoms with van der Waals surface area (Å²) in [7, 11) is 1.60. The lowest BCUT2D eigenvalue weighted by atomic mass is 10.1. The van der Waals surface area contributed by atoms with Crippen LogP contribution in [-0.4, -0.2) is 41.5 Å². The molecule has 0 atom stereocenters. The van der Waals surface area contributed by atoms with Crippen LogP contribution in [0.15, 0.2) is 59.4 Å². The maximum atomic E-state index is 12.8. The van der Waals surface area contributed by atoms with Crippen LogP contribution in [0.25, 0.3) is 10.9 Å². The molecule has 0 aliphatic heterocycles. The van der Waals surface area contributed by atoms with E-state index in [2.05, 4.69) is 4.98 Å². The van der Waals surface area contributed by atoms with Crippen LogP contribution in [0, 0.1) is 0 Å². The third kappa shape index (κ3) is 4.35. The summed E-state index contributed by atoms with van der Waals surface area (Å²) < 4.78 is 10.4. The Morgan fingerprint density at radius 3 is 2.53 bits per heavy atom. The number of para-hydroxylation sites is 1. The molecule has 0 unspecified atom stereocenters. The van der Waals surface area contributed by atoms with E-state index in [4.69, 9.17) is 9.47 Å². The molecule has 0 radical (unpaired) electrons.